The molecule has 1 saturated heterocycles. The summed E-state index contributed by atoms with van der Waals surface area (Å²) in [5.41, 5.74) is -2.18. The SMILES string of the molecule is CCCCCCC(C)OC(=O)[C@@]12CCC(C)(C(=O)O1)C2(C)C. The molecule has 1 heterocycles. The molecule has 4 nitrogen and oxygen atoms in total. The van der Waals surface area contributed by atoms with E-state index < -0.39 is 16.4 Å². The minimum Gasteiger partial charge on any atom is -0.460 e. The second kappa shape index (κ2) is 5.86. The van der Waals surface area contributed by atoms with Gasteiger partial charge in [0.15, 0.2) is 0 Å². The smallest absolute Gasteiger partial charge is 0.351 e. The molecule has 2 unspecified atom stereocenters. The fraction of sp³-hybridized carbons (Fsp3) is 0.889. The molecule has 3 atom stereocenters. The molecule has 0 amide bonds. The number of rotatable bonds is 7. The quantitative estimate of drug-likeness (QED) is 0.526. The first-order valence-corrected chi connectivity index (χ1v) is 8.66. The maximum Gasteiger partial charge on any atom is 0.351 e. The van der Waals surface area contributed by atoms with Crippen LogP contribution in [-0.4, -0.2) is 23.6 Å². The summed E-state index contributed by atoms with van der Waals surface area (Å²) in [6.07, 6.45) is 6.66. The predicted octanol–water partition coefficient (Wildman–Crippen LogP) is 4.01. The van der Waals surface area contributed by atoms with Crippen molar-refractivity contribution in [2.45, 2.75) is 91.3 Å². The third kappa shape index (κ3) is 2.35. The molecule has 0 aromatic rings. The van der Waals surface area contributed by atoms with Crippen LogP contribution >= 0.6 is 0 Å². The van der Waals surface area contributed by atoms with Crippen LogP contribution in [0.1, 0.15) is 79.6 Å². The molecule has 2 aliphatic rings. The Morgan fingerprint density at radius 2 is 1.91 bits per heavy atom. The van der Waals surface area contributed by atoms with Crippen LogP contribution in [0.25, 0.3) is 0 Å². The molecule has 1 aliphatic carbocycles. The van der Waals surface area contributed by atoms with Crippen LogP contribution in [-0.2, 0) is 19.1 Å². The van der Waals surface area contributed by atoms with Crippen molar-refractivity contribution in [2.75, 3.05) is 0 Å². The molecule has 2 bridgehead atoms. The van der Waals surface area contributed by atoms with Crippen molar-refractivity contribution in [1.29, 1.82) is 0 Å². The predicted molar refractivity (Wildman–Crippen MR) is 84.3 cm³/mol. The second-order valence-electron chi connectivity index (χ2n) is 7.74. The summed E-state index contributed by atoms with van der Waals surface area (Å²) < 4.78 is 11.2. The highest BCUT2D eigenvalue weighted by Crippen LogP contribution is 2.65. The first-order chi connectivity index (χ1) is 10.2. The topological polar surface area (TPSA) is 52.6 Å². The molecule has 0 aromatic carbocycles. The van der Waals surface area contributed by atoms with Gasteiger partial charge in [0.25, 0.3) is 0 Å². The second-order valence-corrected chi connectivity index (χ2v) is 7.74. The molecule has 2 rings (SSSR count). The fourth-order valence-electron chi connectivity index (χ4n) is 3.90. The first kappa shape index (κ1) is 17.3. The third-order valence-electron chi connectivity index (χ3n) is 6.19. The van der Waals surface area contributed by atoms with Gasteiger partial charge in [-0.2, -0.15) is 0 Å². The van der Waals surface area contributed by atoms with Crippen molar-refractivity contribution in [2.24, 2.45) is 10.8 Å². The van der Waals surface area contributed by atoms with Crippen molar-refractivity contribution >= 4 is 11.9 Å². The zero-order valence-corrected chi connectivity index (χ0v) is 14.7. The Kier molecular flexibility index (Phi) is 4.61. The normalized spacial score (nSPS) is 33.6. The summed E-state index contributed by atoms with van der Waals surface area (Å²) in [5, 5.41) is 0. The Balaban J connectivity index is 1.99. The Morgan fingerprint density at radius 3 is 2.41 bits per heavy atom. The molecular formula is C18H30O4. The minimum absolute atomic E-state index is 0.124. The number of hydrogen-bond donors (Lipinski definition) is 0. The molecule has 126 valence electrons. The molecule has 1 aliphatic heterocycles. The molecular weight excluding hydrogens is 280 g/mol. The number of hydrogen-bond acceptors (Lipinski definition) is 4. The van der Waals surface area contributed by atoms with Crippen molar-refractivity contribution in [3.63, 3.8) is 0 Å². The van der Waals surface area contributed by atoms with Gasteiger partial charge in [-0.15, -0.1) is 0 Å². The summed E-state index contributed by atoms with van der Waals surface area (Å²) in [6, 6.07) is 0. The zero-order chi connectivity index (χ0) is 16.6. The van der Waals surface area contributed by atoms with Crippen molar-refractivity contribution in [3.8, 4) is 0 Å². The van der Waals surface area contributed by atoms with E-state index in [9.17, 15) is 9.59 Å². The van der Waals surface area contributed by atoms with Crippen molar-refractivity contribution < 1.29 is 19.1 Å². The lowest BCUT2D eigenvalue weighted by Crippen LogP contribution is -2.49. The van der Waals surface area contributed by atoms with Crippen LogP contribution in [0.4, 0.5) is 0 Å². The highest BCUT2D eigenvalue weighted by Gasteiger charge is 2.76. The lowest BCUT2D eigenvalue weighted by molar-refractivity contribution is -0.186. The maximum absolute atomic E-state index is 12.7. The number of carbonyl (C=O) groups is 2. The fourth-order valence-corrected chi connectivity index (χ4v) is 3.90. The average molecular weight is 310 g/mol. The zero-order valence-electron chi connectivity index (χ0n) is 14.7. The third-order valence-corrected chi connectivity index (χ3v) is 6.19. The molecule has 1 saturated carbocycles. The highest BCUT2D eigenvalue weighted by molar-refractivity contribution is 5.93. The van der Waals surface area contributed by atoms with Gasteiger partial charge in [0.05, 0.1) is 11.5 Å². The minimum atomic E-state index is -1.09. The van der Waals surface area contributed by atoms with E-state index in [0.717, 1.165) is 12.8 Å². The molecule has 2 fully saturated rings. The van der Waals surface area contributed by atoms with E-state index in [0.29, 0.717) is 12.8 Å². The Labute approximate surface area is 133 Å². The largest absolute Gasteiger partial charge is 0.460 e. The van der Waals surface area contributed by atoms with Crippen LogP contribution in [0.15, 0.2) is 0 Å². The molecule has 0 spiro atoms. The number of fused-ring (bicyclic) bond motifs is 2. The molecule has 0 radical (unpaired) electrons. The van der Waals surface area contributed by atoms with E-state index in [4.69, 9.17) is 9.47 Å². The standard InChI is InChI=1S/C18H30O4/c1-6-7-8-9-10-13(2)21-15(20)18-12-11-17(5,14(19)22-18)16(18,3)4/h13H,6-12H2,1-5H3/t13?,17?,18-/m1/s1. The van der Waals surface area contributed by atoms with Gasteiger partial charge in [0.2, 0.25) is 5.60 Å². The Bertz CT molecular complexity index is 456. The van der Waals surface area contributed by atoms with Crippen LogP contribution in [0, 0.1) is 10.8 Å². The molecule has 0 N–H and O–H groups in total. The Morgan fingerprint density at radius 1 is 1.23 bits per heavy atom. The summed E-state index contributed by atoms with van der Waals surface area (Å²) >= 11 is 0. The van der Waals surface area contributed by atoms with E-state index in [-0.39, 0.29) is 18.0 Å². The van der Waals surface area contributed by atoms with E-state index >= 15 is 0 Å². The number of carbonyl (C=O) groups excluding carboxylic acids is 2. The van der Waals surface area contributed by atoms with Crippen LogP contribution in [0.3, 0.4) is 0 Å². The van der Waals surface area contributed by atoms with E-state index in [1.165, 1.54) is 19.3 Å². The summed E-state index contributed by atoms with van der Waals surface area (Å²) in [6.45, 7) is 9.93. The van der Waals surface area contributed by atoms with Crippen LogP contribution in [0.5, 0.6) is 0 Å². The molecule has 22 heavy (non-hydrogen) atoms. The monoisotopic (exact) mass is 310 g/mol. The number of esters is 2. The van der Waals surface area contributed by atoms with E-state index in [1.807, 2.05) is 27.7 Å². The average Bonchev–Trinajstić information content (AvgIpc) is 2.74. The van der Waals surface area contributed by atoms with Gasteiger partial charge in [-0.1, -0.05) is 40.0 Å². The maximum atomic E-state index is 12.7. The van der Waals surface area contributed by atoms with Gasteiger partial charge < -0.3 is 9.47 Å². The van der Waals surface area contributed by atoms with E-state index in [1.54, 1.807) is 0 Å². The lowest BCUT2D eigenvalue weighted by atomic mass is 9.66. The Hall–Kier alpha value is -1.06. The summed E-state index contributed by atoms with van der Waals surface area (Å²) in [4.78, 5) is 24.9. The summed E-state index contributed by atoms with van der Waals surface area (Å²) in [5.74, 6) is -0.605. The van der Waals surface area contributed by atoms with Gasteiger partial charge in [-0.25, -0.2) is 4.79 Å². The van der Waals surface area contributed by atoms with Crippen molar-refractivity contribution in [3.05, 3.63) is 0 Å². The molecule has 0 aromatic heterocycles. The van der Waals surface area contributed by atoms with Gasteiger partial charge in [0.1, 0.15) is 0 Å². The molecule has 4 heteroatoms. The lowest BCUT2D eigenvalue weighted by Gasteiger charge is -2.35. The number of ether oxygens (including phenoxy) is 2. The van der Waals surface area contributed by atoms with Crippen molar-refractivity contribution in [1.82, 2.24) is 0 Å². The van der Waals surface area contributed by atoms with Crippen LogP contribution < -0.4 is 0 Å². The number of unbranched alkanes of at least 4 members (excludes halogenated alkanes) is 3. The van der Waals surface area contributed by atoms with Gasteiger partial charge >= 0.3 is 11.9 Å². The summed E-state index contributed by atoms with van der Waals surface area (Å²) in [7, 11) is 0. The van der Waals surface area contributed by atoms with Gasteiger partial charge in [-0.05, 0) is 39.5 Å². The van der Waals surface area contributed by atoms with E-state index in [2.05, 4.69) is 6.92 Å². The van der Waals surface area contributed by atoms with Crippen LogP contribution in [0.2, 0.25) is 0 Å². The first-order valence-electron chi connectivity index (χ1n) is 8.66. The van der Waals surface area contributed by atoms with Gasteiger partial charge in [0, 0.05) is 5.41 Å². The highest BCUT2D eigenvalue weighted by atomic mass is 16.6. The van der Waals surface area contributed by atoms with Gasteiger partial charge in [-0.3, -0.25) is 4.79 Å².